The summed E-state index contributed by atoms with van der Waals surface area (Å²) in [4.78, 5) is 13.9. The Kier molecular flexibility index (Phi) is 4.26. The minimum Gasteiger partial charge on any atom is -0.378 e. The average molecular weight is 240 g/mol. The third-order valence-electron chi connectivity index (χ3n) is 4.22. The number of carbonyl (C=O) groups is 1. The fourth-order valence-corrected chi connectivity index (χ4v) is 2.71. The Labute approximate surface area is 104 Å². The maximum absolute atomic E-state index is 12.0. The zero-order valence-electron chi connectivity index (χ0n) is 10.9. The van der Waals surface area contributed by atoms with Crippen LogP contribution in [0.3, 0.4) is 0 Å². The lowest BCUT2D eigenvalue weighted by Crippen LogP contribution is -2.50. The lowest BCUT2D eigenvalue weighted by Gasteiger charge is -2.34. The van der Waals surface area contributed by atoms with Crippen molar-refractivity contribution in [2.24, 2.45) is 11.8 Å². The molecular formula is C13H24N2O2. The van der Waals surface area contributed by atoms with E-state index in [9.17, 15) is 4.79 Å². The summed E-state index contributed by atoms with van der Waals surface area (Å²) in [6.45, 7) is 7.40. The van der Waals surface area contributed by atoms with Gasteiger partial charge in [-0.2, -0.15) is 0 Å². The quantitative estimate of drug-likeness (QED) is 0.760. The Balaban J connectivity index is 1.78. The van der Waals surface area contributed by atoms with E-state index in [0.29, 0.717) is 19.3 Å². The van der Waals surface area contributed by atoms with Crippen molar-refractivity contribution in [1.29, 1.82) is 0 Å². The summed E-state index contributed by atoms with van der Waals surface area (Å²) < 4.78 is 5.25. The van der Waals surface area contributed by atoms with Crippen LogP contribution in [0.4, 0.5) is 4.79 Å². The summed E-state index contributed by atoms with van der Waals surface area (Å²) in [6, 6.07) is 0.469. The normalized spacial score (nSPS) is 34.5. The summed E-state index contributed by atoms with van der Waals surface area (Å²) >= 11 is 0. The number of amides is 2. The molecule has 2 amide bonds. The first-order valence-corrected chi connectivity index (χ1v) is 6.80. The molecule has 0 radical (unpaired) electrons. The molecule has 0 aromatic rings. The summed E-state index contributed by atoms with van der Waals surface area (Å²) in [5.41, 5.74) is 0. The molecule has 0 aromatic carbocycles. The molecule has 2 fully saturated rings. The Bertz CT molecular complexity index is 264. The molecule has 17 heavy (non-hydrogen) atoms. The van der Waals surface area contributed by atoms with Gasteiger partial charge in [0.25, 0.3) is 0 Å². The molecule has 2 aliphatic rings. The first-order valence-electron chi connectivity index (χ1n) is 6.80. The predicted octanol–water partition coefficient (Wildman–Crippen LogP) is 1.85. The fourth-order valence-electron chi connectivity index (χ4n) is 2.71. The molecule has 1 aliphatic heterocycles. The summed E-state index contributed by atoms with van der Waals surface area (Å²) in [7, 11) is 0. The number of urea groups is 1. The maximum atomic E-state index is 12.0. The predicted molar refractivity (Wildman–Crippen MR) is 66.9 cm³/mol. The molecule has 4 nitrogen and oxygen atoms in total. The monoisotopic (exact) mass is 240 g/mol. The average Bonchev–Trinajstić information content (AvgIpc) is 2.35. The number of ether oxygens (including phenoxy) is 1. The van der Waals surface area contributed by atoms with E-state index in [-0.39, 0.29) is 6.03 Å². The van der Waals surface area contributed by atoms with Crippen LogP contribution < -0.4 is 5.32 Å². The minimum absolute atomic E-state index is 0.0973. The molecular weight excluding hydrogens is 216 g/mol. The van der Waals surface area contributed by atoms with Crippen molar-refractivity contribution in [3.8, 4) is 0 Å². The lowest BCUT2D eigenvalue weighted by atomic mass is 9.79. The van der Waals surface area contributed by atoms with Crippen molar-refractivity contribution < 1.29 is 9.53 Å². The van der Waals surface area contributed by atoms with E-state index in [1.165, 1.54) is 6.42 Å². The van der Waals surface area contributed by atoms with Crippen LogP contribution in [0.25, 0.3) is 0 Å². The number of morpholine rings is 1. The van der Waals surface area contributed by atoms with Crippen LogP contribution in [0, 0.1) is 11.8 Å². The minimum atomic E-state index is 0.0973. The second kappa shape index (κ2) is 5.71. The lowest BCUT2D eigenvalue weighted by molar-refractivity contribution is 0.0516. The molecule has 1 N–H and O–H groups in total. The van der Waals surface area contributed by atoms with Crippen molar-refractivity contribution in [1.82, 2.24) is 10.2 Å². The fraction of sp³-hybridized carbons (Fsp3) is 0.923. The van der Waals surface area contributed by atoms with Gasteiger partial charge in [0.1, 0.15) is 0 Å². The number of carbonyl (C=O) groups excluding carboxylic acids is 1. The zero-order valence-corrected chi connectivity index (χ0v) is 10.9. The molecule has 1 heterocycles. The Morgan fingerprint density at radius 3 is 2.53 bits per heavy atom. The van der Waals surface area contributed by atoms with Gasteiger partial charge >= 0.3 is 6.03 Å². The standard InChI is InChI=1S/C13H24N2O2/c1-10-3-4-12(9-11(10)2)14-13(16)15-5-7-17-8-6-15/h10-12H,3-9H2,1-2H3,(H,14,16). The first-order chi connectivity index (χ1) is 8.16. The third-order valence-corrected chi connectivity index (χ3v) is 4.22. The Morgan fingerprint density at radius 2 is 1.88 bits per heavy atom. The van der Waals surface area contributed by atoms with Gasteiger partial charge in [-0.1, -0.05) is 13.8 Å². The topological polar surface area (TPSA) is 41.6 Å². The van der Waals surface area contributed by atoms with Crippen molar-refractivity contribution in [3.05, 3.63) is 0 Å². The van der Waals surface area contributed by atoms with E-state index in [4.69, 9.17) is 4.74 Å². The number of nitrogens with zero attached hydrogens (tertiary/aromatic N) is 1. The third kappa shape index (κ3) is 3.35. The smallest absolute Gasteiger partial charge is 0.317 e. The van der Waals surface area contributed by atoms with Gasteiger partial charge in [-0.15, -0.1) is 0 Å². The Morgan fingerprint density at radius 1 is 1.18 bits per heavy atom. The second-order valence-electron chi connectivity index (χ2n) is 5.51. The van der Waals surface area contributed by atoms with Gasteiger partial charge in [0.05, 0.1) is 13.2 Å². The molecule has 3 unspecified atom stereocenters. The number of nitrogens with one attached hydrogen (secondary N) is 1. The summed E-state index contributed by atoms with van der Waals surface area (Å²) in [5.74, 6) is 1.52. The van der Waals surface area contributed by atoms with Crippen molar-refractivity contribution in [3.63, 3.8) is 0 Å². The summed E-state index contributed by atoms with van der Waals surface area (Å²) in [5, 5.41) is 3.17. The molecule has 3 atom stereocenters. The molecule has 0 aromatic heterocycles. The first kappa shape index (κ1) is 12.7. The van der Waals surface area contributed by atoms with Crippen molar-refractivity contribution in [2.45, 2.75) is 39.2 Å². The van der Waals surface area contributed by atoms with E-state index < -0.39 is 0 Å². The molecule has 1 saturated heterocycles. The van der Waals surface area contributed by atoms with Gasteiger partial charge in [0.2, 0.25) is 0 Å². The van der Waals surface area contributed by atoms with E-state index in [2.05, 4.69) is 19.2 Å². The number of rotatable bonds is 1. The van der Waals surface area contributed by atoms with Crippen molar-refractivity contribution >= 4 is 6.03 Å². The zero-order chi connectivity index (χ0) is 12.3. The molecule has 4 heteroatoms. The summed E-state index contributed by atoms with van der Waals surface area (Å²) in [6.07, 6.45) is 3.48. The second-order valence-corrected chi connectivity index (χ2v) is 5.51. The molecule has 1 aliphatic carbocycles. The van der Waals surface area contributed by atoms with E-state index in [1.807, 2.05) is 4.90 Å². The van der Waals surface area contributed by atoms with Crippen LogP contribution in [0.5, 0.6) is 0 Å². The van der Waals surface area contributed by atoms with Crippen LogP contribution in [-0.2, 0) is 4.74 Å². The highest BCUT2D eigenvalue weighted by Crippen LogP contribution is 2.29. The number of hydrogen-bond donors (Lipinski definition) is 1. The number of hydrogen-bond acceptors (Lipinski definition) is 2. The van der Waals surface area contributed by atoms with Crippen LogP contribution >= 0.6 is 0 Å². The van der Waals surface area contributed by atoms with Gasteiger partial charge in [-0.05, 0) is 31.1 Å². The molecule has 2 rings (SSSR count). The van der Waals surface area contributed by atoms with Gasteiger partial charge in [-0.25, -0.2) is 4.79 Å². The van der Waals surface area contributed by atoms with Gasteiger partial charge in [0, 0.05) is 19.1 Å². The van der Waals surface area contributed by atoms with Crippen molar-refractivity contribution in [2.75, 3.05) is 26.3 Å². The van der Waals surface area contributed by atoms with E-state index >= 15 is 0 Å². The van der Waals surface area contributed by atoms with Crippen LogP contribution in [0.2, 0.25) is 0 Å². The highest BCUT2D eigenvalue weighted by atomic mass is 16.5. The van der Waals surface area contributed by atoms with Gasteiger partial charge in [0.15, 0.2) is 0 Å². The SMILES string of the molecule is CC1CCC(NC(=O)N2CCOCC2)CC1C. The maximum Gasteiger partial charge on any atom is 0.317 e. The van der Waals surface area contributed by atoms with Gasteiger partial charge in [-0.3, -0.25) is 0 Å². The van der Waals surface area contributed by atoms with Crippen LogP contribution in [-0.4, -0.2) is 43.3 Å². The Hall–Kier alpha value is -0.770. The highest BCUT2D eigenvalue weighted by Gasteiger charge is 2.27. The largest absolute Gasteiger partial charge is 0.378 e. The molecule has 98 valence electrons. The van der Waals surface area contributed by atoms with E-state index in [1.54, 1.807) is 0 Å². The van der Waals surface area contributed by atoms with E-state index in [0.717, 1.165) is 37.8 Å². The van der Waals surface area contributed by atoms with Crippen LogP contribution in [0.15, 0.2) is 0 Å². The molecule has 0 bridgehead atoms. The van der Waals surface area contributed by atoms with Gasteiger partial charge < -0.3 is 15.0 Å². The molecule has 1 saturated carbocycles. The molecule has 0 spiro atoms. The van der Waals surface area contributed by atoms with Crippen LogP contribution in [0.1, 0.15) is 33.1 Å². The highest BCUT2D eigenvalue weighted by molar-refractivity contribution is 5.74.